The van der Waals surface area contributed by atoms with Gasteiger partial charge in [0.05, 0.1) is 6.04 Å². The number of halogens is 1. The maximum atomic E-state index is 5.91. The van der Waals surface area contributed by atoms with E-state index in [1.807, 2.05) is 24.3 Å². The van der Waals surface area contributed by atoms with Gasteiger partial charge in [-0.1, -0.05) is 23.7 Å². The van der Waals surface area contributed by atoms with Gasteiger partial charge in [-0.25, -0.2) is 4.68 Å². The number of hydrogen-bond acceptors (Lipinski definition) is 4. The molecule has 0 saturated carbocycles. The molecule has 2 aromatic rings. The van der Waals surface area contributed by atoms with Gasteiger partial charge in [0.25, 0.3) is 0 Å². The van der Waals surface area contributed by atoms with Crippen molar-refractivity contribution in [3.8, 4) is 0 Å². The number of rotatable bonds is 5. The normalized spacial score (nSPS) is 12.9. The van der Waals surface area contributed by atoms with Crippen LogP contribution in [0.4, 0.5) is 0 Å². The fourth-order valence-electron chi connectivity index (χ4n) is 1.83. The second-order valence-corrected chi connectivity index (χ2v) is 4.89. The highest BCUT2D eigenvalue weighted by atomic mass is 35.5. The van der Waals surface area contributed by atoms with E-state index in [0.29, 0.717) is 0 Å². The second kappa shape index (κ2) is 5.93. The summed E-state index contributed by atoms with van der Waals surface area (Å²) in [6, 6.07) is 7.96. The molecule has 0 spiro atoms. The fourth-order valence-corrected chi connectivity index (χ4v) is 1.95. The molecule has 1 aromatic heterocycles. The molecule has 0 aliphatic heterocycles. The van der Waals surface area contributed by atoms with Crippen LogP contribution in [-0.4, -0.2) is 45.7 Å². The van der Waals surface area contributed by atoms with Crippen molar-refractivity contribution in [1.82, 2.24) is 25.1 Å². The van der Waals surface area contributed by atoms with E-state index in [9.17, 15) is 0 Å². The zero-order valence-corrected chi connectivity index (χ0v) is 11.2. The van der Waals surface area contributed by atoms with Gasteiger partial charge in [-0.2, -0.15) is 0 Å². The van der Waals surface area contributed by atoms with Crippen LogP contribution in [0.15, 0.2) is 30.6 Å². The lowest BCUT2D eigenvalue weighted by Gasteiger charge is -2.19. The molecule has 1 unspecified atom stereocenters. The van der Waals surface area contributed by atoms with Gasteiger partial charge in [0.1, 0.15) is 6.33 Å². The largest absolute Gasteiger partial charge is 0.309 e. The van der Waals surface area contributed by atoms with Crippen LogP contribution in [0.5, 0.6) is 0 Å². The molecule has 5 nitrogen and oxygen atoms in total. The van der Waals surface area contributed by atoms with Gasteiger partial charge in [-0.15, -0.1) is 5.10 Å². The predicted molar refractivity (Wildman–Crippen MR) is 70.6 cm³/mol. The summed E-state index contributed by atoms with van der Waals surface area (Å²) in [5.74, 6) is 0. The molecule has 96 valence electrons. The first-order valence-electron chi connectivity index (χ1n) is 5.79. The summed E-state index contributed by atoms with van der Waals surface area (Å²) in [6.07, 6.45) is 2.59. The van der Waals surface area contributed by atoms with Crippen LogP contribution in [0.25, 0.3) is 0 Å². The van der Waals surface area contributed by atoms with Gasteiger partial charge in [0, 0.05) is 5.02 Å². The van der Waals surface area contributed by atoms with Crippen molar-refractivity contribution < 1.29 is 0 Å². The Kier molecular flexibility index (Phi) is 4.28. The van der Waals surface area contributed by atoms with Crippen molar-refractivity contribution in [2.24, 2.45) is 0 Å². The van der Waals surface area contributed by atoms with E-state index in [-0.39, 0.29) is 6.04 Å². The van der Waals surface area contributed by atoms with Crippen LogP contribution in [0.3, 0.4) is 0 Å². The van der Waals surface area contributed by atoms with Gasteiger partial charge in [0.2, 0.25) is 0 Å². The number of aromatic nitrogens is 4. The third-order valence-electron chi connectivity index (χ3n) is 2.79. The average molecular weight is 266 g/mol. The minimum atomic E-state index is 0.139. The van der Waals surface area contributed by atoms with E-state index in [0.717, 1.165) is 23.6 Å². The molecule has 2 rings (SSSR count). The Hall–Kier alpha value is -1.46. The minimum Gasteiger partial charge on any atom is -0.309 e. The Bertz CT molecular complexity index is 466. The third-order valence-corrected chi connectivity index (χ3v) is 3.04. The first-order valence-corrected chi connectivity index (χ1v) is 6.17. The SMILES string of the molecule is CN(C)CCC(c1ccc(Cl)cc1)n1cnnn1. The Morgan fingerprint density at radius 1 is 1.28 bits per heavy atom. The predicted octanol–water partition coefficient (Wildman–Crippen LogP) is 1.87. The number of tetrazole rings is 1. The Morgan fingerprint density at radius 3 is 2.56 bits per heavy atom. The first-order chi connectivity index (χ1) is 8.66. The summed E-state index contributed by atoms with van der Waals surface area (Å²) >= 11 is 5.91. The highest BCUT2D eigenvalue weighted by molar-refractivity contribution is 6.30. The molecule has 0 saturated heterocycles. The monoisotopic (exact) mass is 265 g/mol. The van der Waals surface area contributed by atoms with Gasteiger partial charge >= 0.3 is 0 Å². The molecule has 0 radical (unpaired) electrons. The van der Waals surface area contributed by atoms with Gasteiger partial charge < -0.3 is 4.90 Å². The van der Waals surface area contributed by atoms with E-state index in [4.69, 9.17) is 11.6 Å². The summed E-state index contributed by atoms with van der Waals surface area (Å²) in [4.78, 5) is 2.15. The van der Waals surface area contributed by atoms with E-state index < -0.39 is 0 Å². The molecular formula is C12H16ClN5. The van der Waals surface area contributed by atoms with Crippen LogP contribution in [0.2, 0.25) is 5.02 Å². The zero-order chi connectivity index (χ0) is 13.0. The quantitative estimate of drug-likeness (QED) is 0.828. The molecule has 0 aliphatic rings. The van der Waals surface area contributed by atoms with Crippen LogP contribution in [-0.2, 0) is 0 Å². The molecule has 0 amide bonds. The molecule has 0 fully saturated rings. The van der Waals surface area contributed by atoms with Gasteiger partial charge in [-0.05, 0) is 55.2 Å². The van der Waals surface area contributed by atoms with Crippen molar-refractivity contribution in [3.63, 3.8) is 0 Å². The Labute approximate surface area is 111 Å². The van der Waals surface area contributed by atoms with Gasteiger partial charge in [-0.3, -0.25) is 0 Å². The molecule has 0 aliphatic carbocycles. The molecular weight excluding hydrogens is 250 g/mol. The van der Waals surface area contributed by atoms with E-state index in [2.05, 4.69) is 34.5 Å². The van der Waals surface area contributed by atoms with Crippen LogP contribution >= 0.6 is 11.6 Å². The van der Waals surface area contributed by atoms with Crippen LogP contribution < -0.4 is 0 Å². The van der Waals surface area contributed by atoms with E-state index in [1.54, 1.807) is 11.0 Å². The molecule has 1 atom stereocenters. The van der Waals surface area contributed by atoms with Gasteiger partial charge in [0.15, 0.2) is 0 Å². The van der Waals surface area contributed by atoms with Crippen molar-refractivity contribution in [1.29, 1.82) is 0 Å². The maximum Gasteiger partial charge on any atom is 0.138 e. The first kappa shape index (κ1) is 13.0. The minimum absolute atomic E-state index is 0.139. The van der Waals surface area contributed by atoms with Crippen LogP contribution in [0, 0.1) is 0 Å². The third kappa shape index (κ3) is 3.27. The van der Waals surface area contributed by atoms with E-state index >= 15 is 0 Å². The van der Waals surface area contributed by atoms with E-state index in [1.165, 1.54) is 0 Å². The standard InChI is InChI=1S/C12H16ClN5/c1-17(2)8-7-12(18-9-14-15-16-18)10-3-5-11(13)6-4-10/h3-6,9,12H,7-8H2,1-2H3. The molecule has 18 heavy (non-hydrogen) atoms. The zero-order valence-electron chi connectivity index (χ0n) is 10.5. The molecule has 1 aromatic carbocycles. The topological polar surface area (TPSA) is 46.8 Å². The molecule has 0 bridgehead atoms. The summed E-state index contributed by atoms with van der Waals surface area (Å²) in [5.41, 5.74) is 1.16. The lowest BCUT2D eigenvalue weighted by Crippen LogP contribution is -2.20. The van der Waals surface area contributed by atoms with Crippen molar-refractivity contribution in [2.75, 3.05) is 20.6 Å². The lowest BCUT2D eigenvalue weighted by atomic mass is 10.0. The summed E-state index contributed by atoms with van der Waals surface area (Å²) in [7, 11) is 4.11. The lowest BCUT2D eigenvalue weighted by molar-refractivity contribution is 0.354. The molecule has 6 heteroatoms. The maximum absolute atomic E-state index is 5.91. The Morgan fingerprint density at radius 2 is 2.00 bits per heavy atom. The molecule has 0 N–H and O–H groups in total. The molecule has 1 heterocycles. The number of hydrogen-bond donors (Lipinski definition) is 0. The number of benzene rings is 1. The smallest absolute Gasteiger partial charge is 0.138 e. The van der Waals surface area contributed by atoms with Crippen molar-refractivity contribution >= 4 is 11.6 Å². The average Bonchev–Trinajstić information content (AvgIpc) is 2.85. The van der Waals surface area contributed by atoms with Crippen molar-refractivity contribution in [3.05, 3.63) is 41.2 Å². The highest BCUT2D eigenvalue weighted by Crippen LogP contribution is 2.22. The van der Waals surface area contributed by atoms with Crippen molar-refractivity contribution in [2.45, 2.75) is 12.5 Å². The Balaban J connectivity index is 2.21. The van der Waals surface area contributed by atoms with Crippen LogP contribution in [0.1, 0.15) is 18.0 Å². The number of nitrogens with zero attached hydrogens (tertiary/aromatic N) is 5. The second-order valence-electron chi connectivity index (χ2n) is 4.45. The summed E-state index contributed by atoms with van der Waals surface area (Å²) in [5, 5.41) is 12.1. The fraction of sp³-hybridized carbons (Fsp3) is 0.417. The highest BCUT2D eigenvalue weighted by Gasteiger charge is 2.15. The summed E-state index contributed by atoms with van der Waals surface area (Å²) < 4.78 is 1.78. The summed E-state index contributed by atoms with van der Waals surface area (Å²) in [6.45, 7) is 0.965.